The molecule has 1 aliphatic heterocycles. The summed E-state index contributed by atoms with van der Waals surface area (Å²) >= 11 is 0. The van der Waals surface area contributed by atoms with Gasteiger partial charge in [-0.05, 0) is 11.5 Å². The number of halogens is 2. The average molecular weight is 335 g/mol. The normalized spacial score (nSPS) is 18.5. The largest absolute Gasteiger partial charge is 0.494 e. The molecule has 1 N–H and O–H groups in total. The molecule has 0 radical (unpaired) electrons. The van der Waals surface area contributed by atoms with Crippen molar-refractivity contribution < 1.29 is 13.5 Å². The van der Waals surface area contributed by atoms with Crippen molar-refractivity contribution in [3.63, 3.8) is 0 Å². The van der Waals surface area contributed by atoms with E-state index in [1.54, 1.807) is 12.4 Å². The Kier molecular flexibility index (Phi) is 4.34. The topological polar surface area (TPSA) is 41.1 Å². The molecular formula is C18H23F2N3O. The van der Waals surface area contributed by atoms with Crippen LogP contribution in [0.4, 0.5) is 8.78 Å². The highest BCUT2D eigenvalue weighted by Crippen LogP contribution is 2.38. The Morgan fingerprint density at radius 1 is 1.29 bits per heavy atom. The standard InChI is InChI=1S/C18H23F2N3O/c1-18(2,3)9-23-8-7-12-16(22-10-21-12)17(23)11-5-6-13(24-4)15(20)14(11)19/h5-6,10,17H,7-9H2,1-4H3,(H,21,22)/t17-/m1/s1. The maximum absolute atomic E-state index is 14.7. The molecule has 3 rings (SSSR count). The number of imidazole rings is 1. The molecule has 0 unspecified atom stereocenters. The minimum atomic E-state index is -0.951. The summed E-state index contributed by atoms with van der Waals surface area (Å²) < 4.78 is 33.8. The van der Waals surface area contributed by atoms with Gasteiger partial charge in [0.2, 0.25) is 5.82 Å². The second-order valence-electron chi connectivity index (χ2n) is 7.44. The Balaban J connectivity index is 2.09. The number of ether oxygens (including phenoxy) is 1. The van der Waals surface area contributed by atoms with Crippen molar-refractivity contribution in [1.82, 2.24) is 14.9 Å². The number of methoxy groups -OCH3 is 1. The number of hydrogen-bond donors (Lipinski definition) is 1. The molecule has 1 aromatic carbocycles. The zero-order valence-corrected chi connectivity index (χ0v) is 14.5. The smallest absolute Gasteiger partial charge is 0.200 e. The van der Waals surface area contributed by atoms with Crippen molar-refractivity contribution in [2.45, 2.75) is 33.2 Å². The van der Waals surface area contributed by atoms with Crippen LogP contribution in [0.25, 0.3) is 0 Å². The molecule has 1 aliphatic rings. The molecule has 4 nitrogen and oxygen atoms in total. The molecule has 0 aliphatic carbocycles. The van der Waals surface area contributed by atoms with Crippen molar-refractivity contribution in [2.24, 2.45) is 5.41 Å². The van der Waals surface area contributed by atoms with Crippen LogP contribution in [0.15, 0.2) is 18.5 Å². The third-order valence-electron chi connectivity index (χ3n) is 4.29. The highest BCUT2D eigenvalue weighted by atomic mass is 19.2. The number of aromatic nitrogens is 2. The van der Waals surface area contributed by atoms with E-state index in [0.717, 1.165) is 30.9 Å². The highest BCUT2D eigenvalue weighted by molar-refractivity contribution is 5.38. The zero-order valence-electron chi connectivity index (χ0n) is 14.5. The number of fused-ring (bicyclic) bond motifs is 1. The van der Waals surface area contributed by atoms with Gasteiger partial charge >= 0.3 is 0 Å². The summed E-state index contributed by atoms with van der Waals surface area (Å²) in [5, 5.41) is 0. The van der Waals surface area contributed by atoms with E-state index in [9.17, 15) is 8.78 Å². The van der Waals surface area contributed by atoms with E-state index in [-0.39, 0.29) is 11.2 Å². The Morgan fingerprint density at radius 2 is 2.04 bits per heavy atom. The summed E-state index contributed by atoms with van der Waals surface area (Å²) in [6, 6.07) is 2.67. The van der Waals surface area contributed by atoms with Crippen molar-refractivity contribution >= 4 is 0 Å². The predicted molar refractivity (Wildman–Crippen MR) is 88.1 cm³/mol. The van der Waals surface area contributed by atoms with Gasteiger partial charge in [-0.15, -0.1) is 0 Å². The first-order valence-electron chi connectivity index (χ1n) is 8.10. The number of hydrogen-bond acceptors (Lipinski definition) is 3. The fraction of sp³-hybridized carbons (Fsp3) is 0.500. The molecule has 0 saturated heterocycles. The van der Waals surface area contributed by atoms with E-state index >= 15 is 0 Å². The van der Waals surface area contributed by atoms with Gasteiger partial charge in [0.25, 0.3) is 0 Å². The van der Waals surface area contributed by atoms with Crippen LogP contribution in [0.2, 0.25) is 0 Å². The number of benzene rings is 1. The first kappa shape index (κ1) is 16.9. The minimum Gasteiger partial charge on any atom is -0.494 e. The van der Waals surface area contributed by atoms with Gasteiger partial charge in [0.1, 0.15) is 0 Å². The molecule has 6 heteroatoms. The average Bonchev–Trinajstić information content (AvgIpc) is 2.97. The number of nitrogens with zero attached hydrogens (tertiary/aromatic N) is 2. The van der Waals surface area contributed by atoms with Crippen LogP contribution >= 0.6 is 0 Å². The second-order valence-corrected chi connectivity index (χ2v) is 7.44. The van der Waals surface area contributed by atoms with E-state index in [4.69, 9.17) is 4.74 Å². The van der Waals surface area contributed by atoms with Crippen molar-refractivity contribution in [1.29, 1.82) is 0 Å². The molecule has 24 heavy (non-hydrogen) atoms. The zero-order chi connectivity index (χ0) is 17.5. The summed E-state index contributed by atoms with van der Waals surface area (Å²) in [7, 11) is 1.33. The van der Waals surface area contributed by atoms with Crippen LogP contribution in [0, 0.1) is 17.0 Å². The first-order chi connectivity index (χ1) is 11.3. The van der Waals surface area contributed by atoms with Gasteiger partial charge in [-0.3, -0.25) is 4.90 Å². The van der Waals surface area contributed by atoms with Gasteiger partial charge in [0.15, 0.2) is 11.6 Å². The maximum Gasteiger partial charge on any atom is 0.200 e. The van der Waals surface area contributed by atoms with Crippen LogP contribution in [0.1, 0.15) is 43.8 Å². The highest BCUT2D eigenvalue weighted by Gasteiger charge is 2.35. The fourth-order valence-electron chi connectivity index (χ4n) is 3.36. The lowest BCUT2D eigenvalue weighted by atomic mass is 9.90. The van der Waals surface area contributed by atoms with Crippen LogP contribution < -0.4 is 4.74 Å². The molecule has 0 bridgehead atoms. The number of nitrogens with one attached hydrogen (secondary N) is 1. The summed E-state index contributed by atoms with van der Waals surface area (Å²) in [4.78, 5) is 9.68. The first-order valence-corrected chi connectivity index (χ1v) is 8.10. The number of H-pyrrole nitrogens is 1. The van der Waals surface area contributed by atoms with Crippen LogP contribution in [-0.2, 0) is 6.42 Å². The van der Waals surface area contributed by atoms with Gasteiger partial charge in [0, 0.05) is 30.8 Å². The summed E-state index contributed by atoms with van der Waals surface area (Å²) in [6.45, 7) is 7.93. The van der Waals surface area contributed by atoms with Gasteiger partial charge in [-0.2, -0.15) is 4.39 Å². The molecule has 130 valence electrons. The van der Waals surface area contributed by atoms with Gasteiger partial charge in [-0.1, -0.05) is 26.8 Å². The number of rotatable bonds is 3. The van der Waals surface area contributed by atoms with Crippen LogP contribution in [0.3, 0.4) is 0 Å². The Morgan fingerprint density at radius 3 is 2.71 bits per heavy atom. The molecule has 1 atom stereocenters. The van der Waals surface area contributed by atoms with Crippen molar-refractivity contribution in [3.05, 3.63) is 47.0 Å². The molecule has 0 fully saturated rings. The molecule has 1 aromatic heterocycles. The van der Waals surface area contributed by atoms with Crippen molar-refractivity contribution in [2.75, 3.05) is 20.2 Å². The van der Waals surface area contributed by atoms with E-state index in [0.29, 0.717) is 5.56 Å². The second kappa shape index (κ2) is 6.16. The van der Waals surface area contributed by atoms with Gasteiger partial charge < -0.3 is 9.72 Å². The van der Waals surface area contributed by atoms with E-state index in [1.807, 2.05) is 0 Å². The lowest BCUT2D eigenvalue weighted by Crippen LogP contribution is -2.41. The summed E-state index contributed by atoms with van der Waals surface area (Å²) in [5.74, 6) is -1.90. The van der Waals surface area contributed by atoms with Gasteiger partial charge in [-0.25, -0.2) is 9.37 Å². The minimum absolute atomic E-state index is 0.0353. The molecule has 0 saturated carbocycles. The predicted octanol–water partition coefficient (Wildman–Crippen LogP) is 3.69. The fourth-order valence-corrected chi connectivity index (χ4v) is 3.36. The van der Waals surface area contributed by atoms with E-state index in [1.165, 1.54) is 13.2 Å². The third kappa shape index (κ3) is 3.02. The quantitative estimate of drug-likeness (QED) is 0.930. The molecule has 0 amide bonds. The number of aromatic amines is 1. The lowest BCUT2D eigenvalue weighted by molar-refractivity contribution is 0.143. The summed E-state index contributed by atoms with van der Waals surface area (Å²) in [6.07, 6.45) is 2.44. The van der Waals surface area contributed by atoms with E-state index < -0.39 is 17.7 Å². The molecule has 2 aromatic rings. The Hall–Kier alpha value is -1.95. The Bertz CT molecular complexity index is 736. The maximum atomic E-state index is 14.7. The van der Waals surface area contributed by atoms with E-state index in [2.05, 4.69) is 35.6 Å². The lowest BCUT2D eigenvalue weighted by Gasteiger charge is -2.39. The van der Waals surface area contributed by atoms with Crippen LogP contribution in [-0.4, -0.2) is 35.1 Å². The van der Waals surface area contributed by atoms with Crippen LogP contribution in [0.5, 0.6) is 5.75 Å². The molecular weight excluding hydrogens is 312 g/mol. The Labute approximate surface area is 140 Å². The third-order valence-corrected chi connectivity index (χ3v) is 4.29. The van der Waals surface area contributed by atoms with Gasteiger partial charge in [0.05, 0.1) is 25.2 Å². The molecule has 0 spiro atoms. The van der Waals surface area contributed by atoms with Crippen molar-refractivity contribution in [3.8, 4) is 5.75 Å². The summed E-state index contributed by atoms with van der Waals surface area (Å²) in [5.41, 5.74) is 2.09. The monoisotopic (exact) mass is 335 g/mol. The molecule has 2 heterocycles. The SMILES string of the molecule is COc1ccc([C@@H]2c3nc[nH]c3CCN2CC(C)(C)C)c(F)c1F.